The van der Waals surface area contributed by atoms with Crippen molar-refractivity contribution in [3.63, 3.8) is 0 Å². The van der Waals surface area contributed by atoms with Crippen molar-refractivity contribution in [1.29, 1.82) is 0 Å². The first-order valence-electron chi connectivity index (χ1n) is 6.87. The minimum absolute atomic E-state index is 0.0318. The molecule has 1 aliphatic rings. The number of benzene rings is 2. The first-order chi connectivity index (χ1) is 9.63. The van der Waals surface area contributed by atoms with Crippen molar-refractivity contribution >= 4 is 17.3 Å². The number of anilines is 2. The third-order valence-corrected chi connectivity index (χ3v) is 3.93. The Morgan fingerprint density at radius 2 is 1.80 bits per heavy atom. The average molecular weight is 266 g/mol. The van der Waals surface area contributed by atoms with E-state index in [1.165, 1.54) is 11.1 Å². The third kappa shape index (κ3) is 2.39. The maximum absolute atomic E-state index is 12.4. The summed E-state index contributed by atoms with van der Waals surface area (Å²) in [5, 5.41) is 3.02. The lowest BCUT2D eigenvalue weighted by atomic mass is 10.0. The Morgan fingerprint density at radius 3 is 2.40 bits per heavy atom. The number of nitrogen functional groups attached to an aromatic ring is 1. The predicted molar refractivity (Wildman–Crippen MR) is 81.6 cm³/mol. The monoisotopic (exact) mass is 266 g/mol. The SMILES string of the molecule is Cc1cc(N)ccc1NC(=O)C1Cc2ccccc2C1. The molecular formula is C17H18N2O. The van der Waals surface area contributed by atoms with E-state index >= 15 is 0 Å². The van der Waals surface area contributed by atoms with Crippen LogP contribution >= 0.6 is 0 Å². The molecule has 0 atom stereocenters. The molecule has 3 rings (SSSR count). The largest absolute Gasteiger partial charge is 0.399 e. The van der Waals surface area contributed by atoms with Gasteiger partial charge in [-0.1, -0.05) is 24.3 Å². The zero-order valence-corrected chi connectivity index (χ0v) is 11.5. The molecule has 0 radical (unpaired) electrons. The number of carbonyl (C=O) groups is 1. The molecule has 3 N–H and O–H groups in total. The first kappa shape index (κ1) is 12.7. The van der Waals surface area contributed by atoms with E-state index in [2.05, 4.69) is 17.4 Å². The average Bonchev–Trinajstić information content (AvgIpc) is 2.86. The molecule has 0 saturated carbocycles. The van der Waals surface area contributed by atoms with Gasteiger partial charge in [-0.05, 0) is 54.7 Å². The molecule has 2 aromatic rings. The highest BCUT2D eigenvalue weighted by Crippen LogP contribution is 2.28. The summed E-state index contributed by atoms with van der Waals surface area (Å²) in [4.78, 5) is 12.4. The van der Waals surface area contributed by atoms with Gasteiger partial charge in [0.1, 0.15) is 0 Å². The molecule has 0 saturated heterocycles. The maximum atomic E-state index is 12.4. The van der Waals surface area contributed by atoms with E-state index in [1.807, 2.05) is 37.3 Å². The van der Waals surface area contributed by atoms with Gasteiger partial charge in [0.2, 0.25) is 5.91 Å². The second-order valence-electron chi connectivity index (χ2n) is 5.44. The van der Waals surface area contributed by atoms with Crippen LogP contribution in [0.1, 0.15) is 16.7 Å². The van der Waals surface area contributed by atoms with Gasteiger partial charge in [-0.3, -0.25) is 4.79 Å². The van der Waals surface area contributed by atoms with Gasteiger partial charge in [-0.15, -0.1) is 0 Å². The van der Waals surface area contributed by atoms with E-state index < -0.39 is 0 Å². The number of hydrogen-bond donors (Lipinski definition) is 2. The summed E-state index contributed by atoms with van der Waals surface area (Å²) in [5.74, 6) is 0.124. The lowest BCUT2D eigenvalue weighted by Crippen LogP contribution is -2.23. The molecule has 2 aromatic carbocycles. The normalized spacial score (nSPS) is 14.1. The number of nitrogens with one attached hydrogen (secondary N) is 1. The second-order valence-corrected chi connectivity index (χ2v) is 5.44. The van der Waals surface area contributed by atoms with Crippen molar-refractivity contribution in [2.75, 3.05) is 11.1 Å². The van der Waals surface area contributed by atoms with Crippen LogP contribution in [0.25, 0.3) is 0 Å². The van der Waals surface area contributed by atoms with Crippen LogP contribution in [-0.2, 0) is 17.6 Å². The quantitative estimate of drug-likeness (QED) is 0.821. The highest BCUT2D eigenvalue weighted by Gasteiger charge is 2.27. The van der Waals surface area contributed by atoms with Crippen LogP contribution in [-0.4, -0.2) is 5.91 Å². The van der Waals surface area contributed by atoms with E-state index in [-0.39, 0.29) is 11.8 Å². The smallest absolute Gasteiger partial charge is 0.228 e. The molecular weight excluding hydrogens is 248 g/mol. The van der Waals surface area contributed by atoms with Gasteiger partial charge in [0, 0.05) is 17.3 Å². The molecule has 0 bridgehead atoms. The van der Waals surface area contributed by atoms with Crippen LogP contribution in [0.15, 0.2) is 42.5 Å². The highest BCUT2D eigenvalue weighted by molar-refractivity contribution is 5.94. The Hall–Kier alpha value is -2.29. The van der Waals surface area contributed by atoms with Crippen molar-refractivity contribution in [1.82, 2.24) is 0 Å². The van der Waals surface area contributed by atoms with Gasteiger partial charge in [-0.2, -0.15) is 0 Å². The summed E-state index contributed by atoms with van der Waals surface area (Å²) in [7, 11) is 0. The molecule has 0 heterocycles. The summed E-state index contributed by atoms with van der Waals surface area (Å²) in [6, 6.07) is 13.8. The number of amides is 1. The lowest BCUT2D eigenvalue weighted by Gasteiger charge is -2.12. The van der Waals surface area contributed by atoms with Gasteiger partial charge in [0.05, 0.1) is 0 Å². The first-order valence-corrected chi connectivity index (χ1v) is 6.87. The second kappa shape index (κ2) is 5.00. The molecule has 3 heteroatoms. The minimum atomic E-state index is 0.0318. The van der Waals surface area contributed by atoms with Gasteiger partial charge >= 0.3 is 0 Å². The van der Waals surface area contributed by atoms with Crippen LogP contribution in [0, 0.1) is 12.8 Å². The van der Waals surface area contributed by atoms with E-state index in [9.17, 15) is 4.79 Å². The molecule has 3 nitrogen and oxygen atoms in total. The van der Waals surface area contributed by atoms with Gasteiger partial charge in [0.25, 0.3) is 0 Å². The van der Waals surface area contributed by atoms with Crippen molar-refractivity contribution in [2.24, 2.45) is 5.92 Å². The zero-order chi connectivity index (χ0) is 14.1. The molecule has 102 valence electrons. The van der Waals surface area contributed by atoms with Crippen molar-refractivity contribution in [3.8, 4) is 0 Å². The molecule has 0 aromatic heterocycles. The number of aryl methyl sites for hydroxylation is 1. The van der Waals surface area contributed by atoms with E-state index in [0.29, 0.717) is 5.69 Å². The summed E-state index contributed by atoms with van der Waals surface area (Å²) >= 11 is 0. The van der Waals surface area contributed by atoms with Crippen LogP contribution in [0.3, 0.4) is 0 Å². The fourth-order valence-electron chi connectivity index (χ4n) is 2.81. The summed E-state index contributed by atoms with van der Waals surface area (Å²) in [6.45, 7) is 1.95. The molecule has 1 amide bonds. The van der Waals surface area contributed by atoms with Crippen molar-refractivity contribution < 1.29 is 4.79 Å². The van der Waals surface area contributed by atoms with Crippen molar-refractivity contribution in [3.05, 3.63) is 59.2 Å². The van der Waals surface area contributed by atoms with E-state index in [4.69, 9.17) is 5.73 Å². The minimum Gasteiger partial charge on any atom is -0.399 e. The molecule has 1 aliphatic carbocycles. The van der Waals surface area contributed by atoms with Gasteiger partial charge in [-0.25, -0.2) is 0 Å². The Bertz CT molecular complexity index is 639. The van der Waals surface area contributed by atoms with E-state index in [1.54, 1.807) is 0 Å². The van der Waals surface area contributed by atoms with E-state index in [0.717, 1.165) is 24.1 Å². The fourth-order valence-corrected chi connectivity index (χ4v) is 2.81. The third-order valence-electron chi connectivity index (χ3n) is 3.93. The Balaban J connectivity index is 1.72. The molecule has 20 heavy (non-hydrogen) atoms. The van der Waals surface area contributed by atoms with Crippen LogP contribution in [0.2, 0.25) is 0 Å². The predicted octanol–water partition coefficient (Wildman–Crippen LogP) is 2.93. The number of nitrogens with two attached hydrogens (primary N) is 1. The topological polar surface area (TPSA) is 55.1 Å². The standard InChI is InChI=1S/C17H18N2O/c1-11-8-15(18)6-7-16(11)19-17(20)14-9-12-4-2-3-5-13(12)10-14/h2-8,14H,9-10,18H2,1H3,(H,19,20). The Kier molecular flexibility index (Phi) is 3.18. The summed E-state index contributed by atoms with van der Waals surface area (Å²) in [6.07, 6.45) is 1.66. The molecule has 0 spiro atoms. The molecule has 0 unspecified atom stereocenters. The summed E-state index contributed by atoms with van der Waals surface area (Å²) < 4.78 is 0. The lowest BCUT2D eigenvalue weighted by molar-refractivity contribution is -0.119. The Morgan fingerprint density at radius 1 is 1.15 bits per heavy atom. The van der Waals surface area contributed by atoms with Crippen LogP contribution < -0.4 is 11.1 Å². The number of fused-ring (bicyclic) bond motifs is 1. The maximum Gasteiger partial charge on any atom is 0.228 e. The Labute approximate surface area is 118 Å². The highest BCUT2D eigenvalue weighted by atomic mass is 16.1. The van der Waals surface area contributed by atoms with Gasteiger partial charge < -0.3 is 11.1 Å². The zero-order valence-electron chi connectivity index (χ0n) is 11.5. The van der Waals surface area contributed by atoms with Crippen molar-refractivity contribution in [2.45, 2.75) is 19.8 Å². The summed E-state index contributed by atoms with van der Waals surface area (Å²) in [5.41, 5.74) is 10.9. The fraction of sp³-hybridized carbons (Fsp3) is 0.235. The van der Waals surface area contributed by atoms with Gasteiger partial charge in [0.15, 0.2) is 0 Å². The number of rotatable bonds is 2. The number of hydrogen-bond acceptors (Lipinski definition) is 2. The molecule has 0 fully saturated rings. The number of carbonyl (C=O) groups excluding carboxylic acids is 1. The molecule has 0 aliphatic heterocycles. The van der Waals surface area contributed by atoms with Crippen LogP contribution in [0.5, 0.6) is 0 Å². The van der Waals surface area contributed by atoms with Crippen LogP contribution in [0.4, 0.5) is 11.4 Å².